The van der Waals surface area contributed by atoms with Gasteiger partial charge >= 0.3 is 0 Å². The molecule has 150 valence electrons. The molecule has 4 rings (SSSR count). The topological polar surface area (TPSA) is 101 Å². The van der Waals surface area contributed by atoms with Gasteiger partial charge in [-0.1, -0.05) is 6.42 Å². The summed E-state index contributed by atoms with van der Waals surface area (Å²) in [5, 5.41) is 14.2. The predicted octanol–water partition coefficient (Wildman–Crippen LogP) is 4.29. The van der Waals surface area contributed by atoms with Crippen molar-refractivity contribution in [2.24, 2.45) is 5.73 Å². The van der Waals surface area contributed by atoms with Crippen molar-refractivity contribution in [3.05, 3.63) is 59.1 Å². The van der Waals surface area contributed by atoms with Crippen LogP contribution in [0.4, 0.5) is 10.1 Å². The molecule has 0 saturated heterocycles. The average molecular weight is 412 g/mol. The van der Waals surface area contributed by atoms with E-state index in [1.165, 1.54) is 23.5 Å². The highest BCUT2D eigenvalue weighted by molar-refractivity contribution is 7.13. The Morgan fingerprint density at radius 1 is 1.31 bits per heavy atom. The molecule has 0 bridgehead atoms. The van der Waals surface area contributed by atoms with E-state index in [0.717, 1.165) is 37.3 Å². The number of nitrogens with one attached hydrogen (secondary N) is 1. The fraction of sp³-hybridized carbons (Fsp3) is 0.286. The number of hydrogen-bond acceptors (Lipinski definition) is 6. The third-order valence-corrected chi connectivity index (χ3v) is 6.05. The molecule has 3 aromatic rings. The minimum Gasteiger partial charge on any atom is -0.508 e. The van der Waals surface area contributed by atoms with Gasteiger partial charge in [-0.3, -0.25) is 9.78 Å². The van der Waals surface area contributed by atoms with Crippen molar-refractivity contribution in [3.63, 3.8) is 0 Å². The lowest BCUT2D eigenvalue weighted by Gasteiger charge is -2.28. The number of amides is 1. The molecular formula is C21H21FN4O2S. The highest BCUT2D eigenvalue weighted by Crippen LogP contribution is 2.36. The van der Waals surface area contributed by atoms with E-state index in [2.05, 4.69) is 15.3 Å². The Kier molecular flexibility index (Phi) is 5.55. The van der Waals surface area contributed by atoms with Gasteiger partial charge in [0.05, 0.1) is 11.9 Å². The molecule has 1 amide bonds. The summed E-state index contributed by atoms with van der Waals surface area (Å²) < 4.78 is 14.1. The van der Waals surface area contributed by atoms with E-state index in [-0.39, 0.29) is 34.9 Å². The van der Waals surface area contributed by atoms with Crippen LogP contribution in [0.2, 0.25) is 0 Å². The van der Waals surface area contributed by atoms with Crippen LogP contribution < -0.4 is 11.1 Å². The van der Waals surface area contributed by atoms with Gasteiger partial charge in [0.25, 0.3) is 5.91 Å². The number of thiazole rings is 1. The molecule has 2 aromatic heterocycles. The van der Waals surface area contributed by atoms with Crippen molar-refractivity contribution in [2.75, 3.05) is 5.32 Å². The molecule has 8 heteroatoms. The fourth-order valence-electron chi connectivity index (χ4n) is 3.74. The summed E-state index contributed by atoms with van der Waals surface area (Å²) in [6.07, 6.45) is 7.36. The number of aromatic hydroxyl groups is 1. The van der Waals surface area contributed by atoms with Crippen LogP contribution in [0.1, 0.15) is 47.7 Å². The van der Waals surface area contributed by atoms with E-state index in [1.807, 2.05) is 6.07 Å². The Hall–Kier alpha value is -2.84. The zero-order valence-electron chi connectivity index (χ0n) is 15.6. The van der Waals surface area contributed by atoms with E-state index in [4.69, 9.17) is 5.73 Å². The normalized spacial score (nSPS) is 19.1. The van der Waals surface area contributed by atoms with Gasteiger partial charge in [0.15, 0.2) is 0 Å². The highest BCUT2D eigenvalue weighted by Gasteiger charge is 2.24. The average Bonchev–Trinajstić information content (AvgIpc) is 3.18. The van der Waals surface area contributed by atoms with E-state index in [9.17, 15) is 14.3 Å². The first-order chi connectivity index (χ1) is 14.0. The Morgan fingerprint density at radius 3 is 2.97 bits per heavy atom. The molecule has 1 fully saturated rings. The number of nitrogens with two attached hydrogens (primary N) is 1. The molecule has 0 radical (unpaired) electrons. The van der Waals surface area contributed by atoms with Crippen molar-refractivity contribution in [1.29, 1.82) is 0 Å². The van der Waals surface area contributed by atoms with Gasteiger partial charge < -0.3 is 16.2 Å². The zero-order valence-corrected chi connectivity index (χ0v) is 16.5. The second-order valence-electron chi connectivity index (χ2n) is 7.24. The summed E-state index contributed by atoms with van der Waals surface area (Å²) in [6.45, 7) is 0. The largest absolute Gasteiger partial charge is 0.508 e. The standard InChI is InChI=1S/C21H21FN4O2S/c22-17-9-14(27)4-5-16(17)21-26-19(11-29-21)20(28)25-18-10-24-7-6-15(18)12-2-1-3-13(23)8-12/h4-7,9-13,27H,1-3,8,23H2,(H,25,28). The zero-order chi connectivity index (χ0) is 20.4. The smallest absolute Gasteiger partial charge is 0.275 e. The molecule has 1 saturated carbocycles. The number of hydrogen-bond donors (Lipinski definition) is 3. The van der Waals surface area contributed by atoms with Crippen LogP contribution in [0.5, 0.6) is 5.75 Å². The minimum atomic E-state index is -0.588. The minimum absolute atomic E-state index is 0.160. The van der Waals surface area contributed by atoms with Gasteiger partial charge in [-0.05, 0) is 48.9 Å². The van der Waals surface area contributed by atoms with E-state index in [1.54, 1.807) is 17.8 Å². The van der Waals surface area contributed by atoms with Crippen LogP contribution in [-0.2, 0) is 0 Å². The molecule has 6 nitrogen and oxygen atoms in total. The Morgan fingerprint density at radius 2 is 2.17 bits per heavy atom. The maximum atomic E-state index is 14.1. The molecule has 0 spiro atoms. The number of aromatic nitrogens is 2. The lowest BCUT2D eigenvalue weighted by molar-refractivity contribution is 0.102. The number of halogens is 1. The van der Waals surface area contributed by atoms with Crippen LogP contribution in [0.15, 0.2) is 42.0 Å². The van der Waals surface area contributed by atoms with Crippen LogP contribution >= 0.6 is 11.3 Å². The number of benzene rings is 1. The van der Waals surface area contributed by atoms with Crippen molar-refractivity contribution < 1.29 is 14.3 Å². The van der Waals surface area contributed by atoms with Gasteiger partial charge in [0, 0.05) is 29.2 Å². The number of rotatable bonds is 4. The molecule has 2 unspecified atom stereocenters. The number of carbonyl (C=O) groups is 1. The number of anilines is 1. The number of carbonyl (C=O) groups excluding carboxylic acids is 1. The number of pyridine rings is 1. The molecule has 29 heavy (non-hydrogen) atoms. The lowest BCUT2D eigenvalue weighted by atomic mass is 9.81. The molecule has 4 N–H and O–H groups in total. The molecule has 1 aliphatic carbocycles. The summed E-state index contributed by atoms with van der Waals surface area (Å²) in [4.78, 5) is 21.2. The first-order valence-corrected chi connectivity index (χ1v) is 10.3. The quantitative estimate of drug-likeness (QED) is 0.593. The summed E-state index contributed by atoms with van der Waals surface area (Å²) in [6, 6.07) is 5.95. The maximum absolute atomic E-state index is 14.1. The SMILES string of the molecule is NC1CCCC(c2ccncc2NC(=O)c2csc(-c3ccc(O)cc3F)n2)C1. The van der Waals surface area contributed by atoms with Gasteiger partial charge in [0.2, 0.25) is 0 Å². The second-order valence-corrected chi connectivity index (χ2v) is 8.10. The van der Waals surface area contributed by atoms with Crippen LogP contribution in [0.3, 0.4) is 0 Å². The van der Waals surface area contributed by atoms with Gasteiger partial charge in [-0.2, -0.15) is 0 Å². The molecular weight excluding hydrogens is 391 g/mol. The first-order valence-electron chi connectivity index (χ1n) is 9.46. The van der Waals surface area contributed by atoms with Gasteiger partial charge in [-0.15, -0.1) is 11.3 Å². The second kappa shape index (κ2) is 8.26. The Balaban J connectivity index is 1.54. The molecule has 1 aromatic carbocycles. The third kappa shape index (κ3) is 4.28. The Bertz CT molecular complexity index is 1040. The molecule has 2 heterocycles. The predicted molar refractivity (Wildman–Crippen MR) is 111 cm³/mol. The lowest BCUT2D eigenvalue weighted by Crippen LogP contribution is -2.27. The van der Waals surface area contributed by atoms with Crippen LogP contribution in [0, 0.1) is 5.82 Å². The van der Waals surface area contributed by atoms with Crippen molar-refractivity contribution in [2.45, 2.75) is 37.6 Å². The molecule has 1 aliphatic rings. The fourth-order valence-corrected chi connectivity index (χ4v) is 4.57. The Labute approximate surface area is 171 Å². The van der Waals surface area contributed by atoms with Gasteiger partial charge in [-0.25, -0.2) is 9.37 Å². The maximum Gasteiger partial charge on any atom is 0.275 e. The van der Waals surface area contributed by atoms with Crippen LogP contribution in [0.25, 0.3) is 10.6 Å². The summed E-state index contributed by atoms with van der Waals surface area (Å²) >= 11 is 1.17. The van der Waals surface area contributed by atoms with Crippen molar-refractivity contribution >= 4 is 22.9 Å². The number of nitrogens with zero attached hydrogens (tertiary/aromatic N) is 2. The van der Waals surface area contributed by atoms with Crippen molar-refractivity contribution in [1.82, 2.24) is 9.97 Å². The summed E-state index contributed by atoms with van der Waals surface area (Å²) in [5.74, 6) is -0.836. The highest BCUT2D eigenvalue weighted by atomic mass is 32.1. The monoisotopic (exact) mass is 412 g/mol. The molecule has 2 atom stereocenters. The number of phenols is 1. The number of phenolic OH excluding ortho intramolecular Hbond substituents is 1. The van der Waals surface area contributed by atoms with Crippen molar-refractivity contribution in [3.8, 4) is 16.3 Å². The van der Waals surface area contributed by atoms with E-state index >= 15 is 0 Å². The van der Waals surface area contributed by atoms with E-state index in [0.29, 0.717) is 10.7 Å². The van der Waals surface area contributed by atoms with E-state index < -0.39 is 5.82 Å². The summed E-state index contributed by atoms with van der Waals surface area (Å²) in [5.41, 5.74) is 8.25. The van der Waals surface area contributed by atoms with Gasteiger partial charge in [0.1, 0.15) is 22.3 Å². The third-order valence-electron chi connectivity index (χ3n) is 5.18. The van der Waals surface area contributed by atoms with Crippen LogP contribution in [-0.4, -0.2) is 27.0 Å². The summed E-state index contributed by atoms with van der Waals surface area (Å²) in [7, 11) is 0. The first kappa shape index (κ1) is 19.5. The molecule has 0 aliphatic heterocycles.